The number of β-amino-alcohol motifs (C(OH)–C–C–N with tert-alkyl or cyclic N) is 1. The molecule has 38 heavy (non-hydrogen) atoms. The van der Waals surface area contributed by atoms with Crippen molar-refractivity contribution in [3.8, 4) is 0 Å². The molecule has 0 aliphatic carbocycles. The van der Waals surface area contributed by atoms with E-state index in [4.69, 9.17) is 0 Å². The van der Waals surface area contributed by atoms with Gasteiger partial charge in [0.15, 0.2) is 0 Å². The monoisotopic (exact) mass is 540 g/mol. The van der Waals surface area contributed by atoms with Crippen LogP contribution in [0, 0.1) is 11.7 Å². The number of likely N-dealkylation sites (tertiary alicyclic amines) is 1. The fourth-order valence-electron chi connectivity index (χ4n) is 4.56. The number of aliphatic hydroxyl groups excluding tert-OH is 1. The molecule has 4 amide bonds. The highest BCUT2D eigenvalue weighted by molar-refractivity contribution is 7.20. The van der Waals surface area contributed by atoms with Crippen LogP contribution in [0.25, 0.3) is 10.1 Å². The minimum Gasteiger partial charge on any atom is -0.389 e. The maximum atomic E-state index is 13.9. The van der Waals surface area contributed by atoms with Gasteiger partial charge in [0.05, 0.1) is 29.3 Å². The van der Waals surface area contributed by atoms with Crippen molar-refractivity contribution in [2.75, 3.05) is 18.4 Å². The van der Waals surface area contributed by atoms with Crippen molar-refractivity contribution in [3.05, 3.63) is 65.3 Å². The SMILES string of the molecule is CC(C)C[C@H](NC(=O)c1cc2ccccc2s1)C(=O)NC1CCCN(C(=O)Nc2ccccc2F)CC1O. The molecule has 3 atom stereocenters. The quantitative estimate of drug-likeness (QED) is 0.357. The maximum absolute atomic E-state index is 13.9. The molecule has 2 aromatic carbocycles. The zero-order valence-corrected chi connectivity index (χ0v) is 22.3. The van der Waals surface area contributed by atoms with Crippen LogP contribution in [0.1, 0.15) is 42.8 Å². The van der Waals surface area contributed by atoms with E-state index in [-0.39, 0.29) is 30.0 Å². The van der Waals surface area contributed by atoms with Crippen LogP contribution < -0.4 is 16.0 Å². The van der Waals surface area contributed by atoms with Crippen LogP contribution in [-0.4, -0.2) is 59.1 Å². The number of nitrogens with zero attached hydrogens (tertiary/aromatic N) is 1. The van der Waals surface area contributed by atoms with E-state index < -0.39 is 30.0 Å². The number of nitrogens with one attached hydrogen (secondary N) is 3. The normalized spacial score (nSPS) is 18.6. The Bertz CT molecular complexity index is 1260. The molecule has 2 heterocycles. The van der Waals surface area contributed by atoms with Crippen molar-refractivity contribution in [2.24, 2.45) is 5.92 Å². The van der Waals surface area contributed by atoms with E-state index in [1.165, 1.54) is 34.4 Å². The molecule has 4 rings (SSSR count). The molecule has 1 aliphatic heterocycles. The first-order valence-corrected chi connectivity index (χ1v) is 13.6. The highest BCUT2D eigenvalue weighted by atomic mass is 32.1. The molecular weight excluding hydrogens is 507 g/mol. The zero-order chi connectivity index (χ0) is 27.2. The number of carbonyl (C=O) groups is 3. The van der Waals surface area contributed by atoms with Gasteiger partial charge in [-0.25, -0.2) is 9.18 Å². The number of rotatable bonds is 7. The fourth-order valence-corrected chi connectivity index (χ4v) is 5.52. The number of urea groups is 1. The van der Waals surface area contributed by atoms with Crippen molar-refractivity contribution < 1.29 is 23.9 Å². The lowest BCUT2D eigenvalue weighted by atomic mass is 10.0. The summed E-state index contributed by atoms with van der Waals surface area (Å²) in [6.07, 6.45) is 0.401. The number of thiophene rings is 1. The standard InChI is InChI=1S/C28H33FN4O4S/c1-17(2)14-22(31-27(36)25-15-18-8-3-6-12-24(18)38-25)26(35)30-21-11-7-13-33(16-23(21)34)28(37)32-20-10-5-4-9-19(20)29/h3-6,8-10,12,15,17,21-23,34H,7,11,13-14,16H2,1-2H3,(H,30,35)(H,31,36)(H,32,37)/t21?,22-,23?/m0/s1. The minimum atomic E-state index is -1.02. The van der Waals surface area contributed by atoms with Gasteiger partial charge in [-0.2, -0.15) is 0 Å². The Labute approximate surface area is 225 Å². The van der Waals surface area contributed by atoms with Crippen LogP contribution in [0.2, 0.25) is 0 Å². The average molecular weight is 541 g/mol. The van der Waals surface area contributed by atoms with Crippen molar-refractivity contribution in [3.63, 3.8) is 0 Å². The number of halogens is 1. The van der Waals surface area contributed by atoms with Gasteiger partial charge in [-0.1, -0.05) is 44.2 Å². The van der Waals surface area contributed by atoms with Gasteiger partial charge in [-0.3, -0.25) is 9.59 Å². The predicted octanol–water partition coefficient (Wildman–Crippen LogP) is 4.36. The Hall–Kier alpha value is -3.50. The van der Waals surface area contributed by atoms with Crippen LogP contribution in [-0.2, 0) is 4.79 Å². The van der Waals surface area contributed by atoms with Crippen molar-refractivity contribution >= 4 is 45.0 Å². The lowest BCUT2D eigenvalue weighted by Crippen LogP contribution is -2.54. The molecule has 1 fully saturated rings. The Balaban J connectivity index is 1.38. The molecule has 1 aromatic heterocycles. The molecule has 8 nitrogen and oxygen atoms in total. The van der Waals surface area contributed by atoms with Gasteiger partial charge in [0, 0.05) is 11.2 Å². The van der Waals surface area contributed by atoms with E-state index >= 15 is 0 Å². The number of hydrogen-bond donors (Lipinski definition) is 4. The summed E-state index contributed by atoms with van der Waals surface area (Å²) in [4.78, 5) is 40.9. The Morgan fingerprint density at radius 3 is 2.61 bits per heavy atom. The highest BCUT2D eigenvalue weighted by Crippen LogP contribution is 2.25. The molecule has 0 bridgehead atoms. The second-order valence-corrected chi connectivity index (χ2v) is 11.1. The number of para-hydroxylation sites is 1. The fraction of sp³-hybridized carbons (Fsp3) is 0.393. The van der Waals surface area contributed by atoms with Gasteiger partial charge in [-0.05, 0) is 54.8 Å². The van der Waals surface area contributed by atoms with Gasteiger partial charge < -0.3 is 26.0 Å². The summed E-state index contributed by atoms with van der Waals surface area (Å²) in [6.45, 7) is 4.27. The molecular formula is C28H33FN4O4S. The van der Waals surface area contributed by atoms with Crippen LogP contribution in [0.5, 0.6) is 0 Å². The smallest absolute Gasteiger partial charge is 0.322 e. The molecule has 1 saturated heterocycles. The summed E-state index contributed by atoms with van der Waals surface area (Å²) in [7, 11) is 0. The summed E-state index contributed by atoms with van der Waals surface area (Å²) in [5.74, 6) is -1.09. The molecule has 3 aromatic rings. The molecule has 0 radical (unpaired) electrons. The van der Waals surface area contributed by atoms with Gasteiger partial charge in [0.1, 0.15) is 11.9 Å². The molecule has 2 unspecified atom stereocenters. The first kappa shape index (κ1) is 27.5. The summed E-state index contributed by atoms with van der Waals surface area (Å²) in [5.41, 5.74) is 0.0620. The highest BCUT2D eigenvalue weighted by Gasteiger charge is 2.32. The van der Waals surface area contributed by atoms with Gasteiger partial charge in [0.25, 0.3) is 5.91 Å². The molecule has 0 spiro atoms. The largest absolute Gasteiger partial charge is 0.389 e. The second kappa shape index (κ2) is 12.4. The van der Waals surface area contributed by atoms with E-state index in [1.54, 1.807) is 6.07 Å². The number of carbonyl (C=O) groups excluding carboxylic acids is 3. The second-order valence-electron chi connectivity index (χ2n) is 9.98. The lowest BCUT2D eigenvalue weighted by Gasteiger charge is -2.27. The number of aliphatic hydroxyl groups is 1. The third-order valence-electron chi connectivity index (χ3n) is 6.52. The van der Waals surface area contributed by atoms with Crippen LogP contribution >= 0.6 is 11.3 Å². The average Bonchev–Trinajstić information content (AvgIpc) is 3.24. The Morgan fingerprint density at radius 1 is 1.13 bits per heavy atom. The third-order valence-corrected chi connectivity index (χ3v) is 7.64. The molecule has 10 heteroatoms. The van der Waals surface area contributed by atoms with Crippen LogP contribution in [0.4, 0.5) is 14.9 Å². The van der Waals surface area contributed by atoms with Crippen molar-refractivity contribution in [2.45, 2.75) is 51.3 Å². The van der Waals surface area contributed by atoms with Gasteiger partial charge in [-0.15, -0.1) is 11.3 Å². The van der Waals surface area contributed by atoms with E-state index in [0.29, 0.717) is 30.7 Å². The predicted molar refractivity (Wildman–Crippen MR) is 147 cm³/mol. The van der Waals surface area contributed by atoms with E-state index in [1.807, 2.05) is 44.2 Å². The van der Waals surface area contributed by atoms with Crippen molar-refractivity contribution in [1.29, 1.82) is 0 Å². The third kappa shape index (κ3) is 6.87. The number of amides is 4. The molecule has 4 N–H and O–H groups in total. The van der Waals surface area contributed by atoms with E-state index in [0.717, 1.165) is 10.1 Å². The minimum absolute atomic E-state index is 0.0196. The number of benzene rings is 2. The van der Waals surface area contributed by atoms with Crippen molar-refractivity contribution in [1.82, 2.24) is 15.5 Å². The van der Waals surface area contributed by atoms with Crippen LogP contribution in [0.3, 0.4) is 0 Å². The first-order chi connectivity index (χ1) is 18.2. The van der Waals surface area contributed by atoms with Gasteiger partial charge in [0.2, 0.25) is 5.91 Å². The van der Waals surface area contributed by atoms with Crippen LogP contribution in [0.15, 0.2) is 54.6 Å². The number of hydrogen-bond acceptors (Lipinski definition) is 5. The molecule has 0 saturated carbocycles. The maximum Gasteiger partial charge on any atom is 0.322 e. The van der Waals surface area contributed by atoms with E-state index in [2.05, 4.69) is 16.0 Å². The Kier molecular flexibility index (Phi) is 8.96. The number of fused-ring (bicyclic) bond motifs is 1. The summed E-state index contributed by atoms with van der Waals surface area (Å²) >= 11 is 1.37. The first-order valence-electron chi connectivity index (χ1n) is 12.8. The molecule has 202 valence electrons. The Morgan fingerprint density at radius 2 is 1.87 bits per heavy atom. The lowest BCUT2D eigenvalue weighted by molar-refractivity contribution is -0.125. The summed E-state index contributed by atoms with van der Waals surface area (Å²) in [6, 6.07) is 13.5. The van der Waals surface area contributed by atoms with Gasteiger partial charge >= 0.3 is 6.03 Å². The zero-order valence-electron chi connectivity index (χ0n) is 21.4. The topological polar surface area (TPSA) is 111 Å². The number of anilines is 1. The summed E-state index contributed by atoms with van der Waals surface area (Å²) in [5, 5.41) is 20.1. The van der Waals surface area contributed by atoms with E-state index in [9.17, 15) is 23.9 Å². The molecule has 1 aliphatic rings. The summed E-state index contributed by atoms with van der Waals surface area (Å²) < 4.78 is 14.9.